The molecule has 8 heteroatoms. The molecule has 0 saturated heterocycles. The highest BCUT2D eigenvalue weighted by molar-refractivity contribution is 6.10. The Morgan fingerprint density at radius 2 is 1.83 bits per heavy atom. The number of phenols is 1. The lowest BCUT2D eigenvalue weighted by molar-refractivity contribution is 0.152. The number of rotatable bonds is 15. The fraction of sp³-hybridized carbons (Fsp3) is 0.441. The van der Waals surface area contributed by atoms with Gasteiger partial charge in [0.25, 0.3) is 0 Å². The van der Waals surface area contributed by atoms with Gasteiger partial charge in [-0.3, -0.25) is 4.99 Å². The van der Waals surface area contributed by atoms with Gasteiger partial charge >= 0.3 is 0 Å². The minimum atomic E-state index is -0.409. The molecule has 0 aromatic heterocycles. The molecule has 1 fully saturated rings. The standard InChI is InChI=1S/C34H44N2O6/c1-5-10-25-29(41-30-11-7-8-12-31(30)42-33-19-28(33)38)14-13-22(3)34(25)40-16-9-15-39-32-18-27(37)26(17-23(32)6-2)24(20-35)21-36-4/h7-8,11-12,14,17-18,20-22,28,33,37-38H,5-6,9-10,13,15-16,19,35H2,1-4H3. The van der Waals surface area contributed by atoms with E-state index < -0.39 is 6.10 Å². The smallest absolute Gasteiger partial charge is 0.169 e. The molecule has 1 saturated carbocycles. The van der Waals surface area contributed by atoms with Crippen molar-refractivity contribution in [2.45, 2.75) is 71.5 Å². The largest absolute Gasteiger partial charge is 0.507 e. The third-order valence-corrected chi connectivity index (χ3v) is 7.37. The Kier molecular flexibility index (Phi) is 11.0. The number of nitrogens with two attached hydrogens (primary N) is 1. The molecule has 0 spiro atoms. The highest BCUT2D eigenvalue weighted by Gasteiger charge is 2.38. The Balaban J connectivity index is 1.40. The highest BCUT2D eigenvalue weighted by Crippen LogP contribution is 2.39. The number of aliphatic imine (C=N–C) groups is 1. The van der Waals surface area contributed by atoms with Crippen LogP contribution in [-0.4, -0.2) is 48.9 Å². The molecule has 4 N–H and O–H groups in total. The average molecular weight is 577 g/mol. The normalized spacial score (nSPS) is 20.5. The summed E-state index contributed by atoms with van der Waals surface area (Å²) >= 11 is 0. The van der Waals surface area contributed by atoms with Gasteiger partial charge in [0.2, 0.25) is 0 Å². The van der Waals surface area contributed by atoms with E-state index in [2.05, 4.69) is 24.9 Å². The van der Waals surface area contributed by atoms with Crippen LogP contribution in [0.1, 0.15) is 64.0 Å². The van der Waals surface area contributed by atoms with Crippen LogP contribution in [0.5, 0.6) is 23.0 Å². The van der Waals surface area contributed by atoms with Gasteiger partial charge in [0.05, 0.1) is 19.3 Å². The lowest BCUT2D eigenvalue weighted by Crippen LogP contribution is -2.17. The van der Waals surface area contributed by atoms with Crippen molar-refractivity contribution in [1.82, 2.24) is 0 Å². The van der Waals surface area contributed by atoms with Crippen molar-refractivity contribution in [3.63, 3.8) is 0 Å². The van der Waals surface area contributed by atoms with Gasteiger partial charge in [-0.2, -0.15) is 0 Å². The average Bonchev–Trinajstić information content (AvgIpc) is 3.69. The zero-order chi connectivity index (χ0) is 30.1. The topological polar surface area (TPSA) is 116 Å². The first-order valence-electron chi connectivity index (χ1n) is 14.9. The van der Waals surface area contributed by atoms with Gasteiger partial charge in [0.15, 0.2) is 11.5 Å². The van der Waals surface area contributed by atoms with Crippen LogP contribution in [0.15, 0.2) is 70.8 Å². The summed E-state index contributed by atoms with van der Waals surface area (Å²) in [6.07, 6.45) is 9.27. The van der Waals surface area contributed by atoms with Crippen LogP contribution in [-0.2, 0) is 11.2 Å². The minimum Gasteiger partial charge on any atom is -0.507 e. The molecule has 8 nitrogen and oxygen atoms in total. The van der Waals surface area contributed by atoms with Gasteiger partial charge in [-0.15, -0.1) is 0 Å². The lowest BCUT2D eigenvalue weighted by Gasteiger charge is -2.27. The first-order valence-corrected chi connectivity index (χ1v) is 14.9. The number of aromatic hydroxyl groups is 1. The van der Waals surface area contributed by atoms with Crippen molar-refractivity contribution >= 4 is 11.8 Å². The van der Waals surface area contributed by atoms with E-state index in [9.17, 15) is 10.2 Å². The predicted octanol–water partition coefficient (Wildman–Crippen LogP) is 6.31. The number of aliphatic hydroxyl groups excluding tert-OH is 1. The molecule has 3 atom stereocenters. The highest BCUT2D eigenvalue weighted by atomic mass is 16.5. The SMILES string of the molecule is CCCC1=C(OCCCOc2cc(O)c(C(C=NC)=CN)cc2CC)C(C)CC=C1Oc1ccccc1OC1CC1O. The molecule has 0 radical (unpaired) electrons. The van der Waals surface area contributed by atoms with Crippen molar-refractivity contribution in [2.24, 2.45) is 16.6 Å². The number of benzene rings is 2. The second kappa shape index (κ2) is 14.8. The van der Waals surface area contributed by atoms with E-state index in [4.69, 9.17) is 24.7 Å². The number of aliphatic hydroxyl groups is 1. The fourth-order valence-electron chi connectivity index (χ4n) is 4.98. The van der Waals surface area contributed by atoms with Crippen LogP contribution in [0.2, 0.25) is 0 Å². The molecule has 0 heterocycles. The molecular formula is C34H44N2O6. The van der Waals surface area contributed by atoms with Crippen LogP contribution in [0, 0.1) is 5.92 Å². The number of hydrogen-bond acceptors (Lipinski definition) is 8. The number of aryl methyl sites for hydroxylation is 1. The van der Waals surface area contributed by atoms with Gasteiger partial charge in [0.1, 0.15) is 29.1 Å². The number of hydrogen-bond donors (Lipinski definition) is 3. The van der Waals surface area contributed by atoms with Gasteiger partial charge < -0.3 is 34.9 Å². The number of ether oxygens (including phenoxy) is 4. The number of phenolic OH excluding ortho intramolecular Hbond substituents is 1. The van der Waals surface area contributed by atoms with Gasteiger partial charge in [-0.1, -0.05) is 39.3 Å². The molecule has 0 bridgehead atoms. The van der Waals surface area contributed by atoms with Crippen LogP contribution in [0.3, 0.4) is 0 Å². The maximum absolute atomic E-state index is 10.6. The number of allylic oxidation sites excluding steroid dienone is 4. The Morgan fingerprint density at radius 3 is 2.50 bits per heavy atom. The van der Waals surface area contributed by atoms with E-state index in [0.29, 0.717) is 54.4 Å². The Hall–Kier alpha value is -3.91. The summed E-state index contributed by atoms with van der Waals surface area (Å²) in [6.45, 7) is 7.31. The zero-order valence-electron chi connectivity index (χ0n) is 25.1. The molecule has 2 aromatic rings. The monoisotopic (exact) mass is 576 g/mol. The van der Waals surface area contributed by atoms with E-state index in [1.54, 1.807) is 19.3 Å². The van der Waals surface area contributed by atoms with Crippen LogP contribution < -0.4 is 19.9 Å². The third kappa shape index (κ3) is 7.68. The van der Waals surface area contributed by atoms with Crippen molar-refractivity contribution in [2.75, 3.05) is 20.3 Å². The van der Waals surface area contributed by atoms with Gasteiger partial charge in [-0.05, 0) is 49.1 Å². The summed E-state index contributed by atoms with van der Waals surface area (Å²) in [5.41, 5.74) is 9.08. The van der Waals surface area contributed by atoms with Crippen LogP contribution in [0.25, 0.3) is 5.57 Å². The summed E-state index contributed by atoms with van der Waals surface area (Å²) in [4.78, 5) is 4.02. The summed E-state index contributed by atoms with van der Waals surface area (Å²) < 4.78 is 24.8. The third-order valence-electron chi connectivity index (χ3n) is 7.37. The molecule has 3 unspecified atom stereocenters. The zero-order valence-corrected chi connectivity index (χ0v) is 25.1. The first-order chi connectivity index (χ1) is 20.4. The van der Waals surface area contributed by atoms with Crippen molar-refractivity contribution < 1.29 is 29.2 Å². The number of nitrogens with zero attached hydrogens (tertiary/aromatic N) is 1. The maximum Gasteiger partial charge on any atom is 0.169 e. The van der Waals surface area contributed by atoms with Crippen molar-refractivity contribution in [1.29, 1.82) is 0 Å². The van der Waals surface area contributed by atoms with Crippen molar-refractivity contribution in [3.05, 3.63) is 76.9 Å². The first kappa shape index (κ1) is 31.0. The van der Waals surface area contributed by atoms with E-state index in [1.165, 1.54) is 6.20 Å². The van der Waals surface area contributed by atoms with E-state index >= 15 is 0 Å². The van der Waals surface area contributed by atoms with Gasteiger partial charge in [-0.25, -0.2) is 0 Å². The van der Waals surface area contributed by atoms with E-state index in [-0.39, 0.29) is 17.8 Å². The lowest BCUT2D eigenvalue weighted by atomic mass is 9.91. The van der Waals surface area contributed by atoms with Crippen molar-refractivity contribution in [3.8, 4) is 23.0 Å². The molecule has 42 heavy (non-hydrogen) atoms. The van der Waals surface area contributed by atoms with Crippen LogP contribution in [0.4, 0.5) is 0 Å². The molecule has 2 aliphatic rings. The summed E-state index contributed by atoms with van der Waals surface area (Å²) in [5.74, 6) is 4.01. The second-order valence-corrected chi connectivity index (χ2v) is 10.7. The molecule has 2 aliphatic carbocycles. The second-order valence-electron chi connectivity index (χ2n) is 10.7. The summed E-state index contributed by atoms with van der Waals surface area (Å²) in [5, 5.41) is 20.3. The molecule has 0 amide bonds. The molecule has 4 rings (SSSR count). The molecular weight excluding hydrogens is 532 g/mol. The van der Waals surface area contributed by atoms with E-state index in [0.717, 1.165) is 48.3 Å². The summed E-state index contributed by atoms with van der Waals surface area (Å²) in [7, 11) is 1.66. The molecule has 2 aromatic carbocycles. The van der Waals surface area contributed by atoms with E-state index in [1.807, 2.05) is 37.3 Å². The molecule has 226 valence electrons. The Labute approximate surface area is 249 Å². The van der Waals surface area contributed by atoms with Crippen LogP contribution >= 0.6 is 0 Å². The Bertz CT molecular complexity index is 1350. The predicted molar refractivity (Wildman–Crippen MR) is 166 cm³/mol. The maximum atomic E-state index is 10.6. The summed E-state index contributed by atoms with van der Waals surface area (Å²) in [6, 6.07) is 11.1. The minimum absolute atomic E-state index is 0.0973. The fourth-order valence-corrected chi connectivity index (χ4v) is 4.98. The molecule has 0 aliphatic heterocycles. The van der Waals surface area contributed by atoms with Gasteiger partial charge in [0, 0.05) is 61.0 Å². The Morgan fingerprint density at radius 1 is 1.10 bits per heavy atom. The quantitative estimate of drug-likeness (QED) is 0.168. The number of para-hydroxylation sites is 2.